The number of ether oxygens (including phenoxy) is 1. The quantitative estimate of drug-likeness (QED) is 0.890. The molecule has 1 fully saturated rings. The summed E-state index contributed by atoms with van der Waals surface area (Å²) >= 11 is 0. The first-order chi connectivity index (χ1) is 8.60. The largest absolute Gasteiger partial charge is 0.496 e. The molecule has 1 heterocycles. The van der Waals surface area contributed by atoms with E-state index in [2.05, 4.69) is 17.9 Å². The summed E-state index contributed by atoms with van der Waals surface area (Å²) in [6, 6.07) is 5.95. The Morgan fingerprint density at radius 1 is 1.50 bits per heavy atom. The lowest BCUT2D eigenvalue weighted by atomic mass is 10.1. The van der Waals surface area contributed by atoms with Gasteiger partial charge < -0.3 is 9.84 Å². The van der Waals surface area contributed by atoms with Crippen molar-refractivity contribution >= 4 is 0 Å². The molecule has 1 aromatic carbocycles. The van der Waals surface area contributed by atoms with Gasteiger partial charge in [-0.3, -0.25) is 4.90 Å². The Labute approximate surface area is 109 Å². The fourth-order valence-corrected chi connectivity index (χ4v) is 2.59. The summed E-state index contributed by atoms with van der Waals surface area (Å²) in [6.45, 7) is 7.31. The summed E-state index contributed by atoms with van der Waals surface area (Å²) in [5.41, 5.74) is 2.13. The Kier molecular flexibility index (Phi) is 4.25. The second-order valence-corrected chi connectivity index (χ2v) is 5.38. The van der Waals surface area contributed by atoms with E-state index in [4.69, 9.17) is 4.74 Å². The molecule has 1 aliphatic heterocycles. The molecule has 0 aliphatic carbocycles. The third-order valence-electron chi connectivity index (χ3n) is 3.69. The first-order valence-corrected chi connectivity index (χ1v) is 6.67. The zero-order valence-electron chi connectivity index (χ0n) is 11.5. The highest BCUT2D eigenvalue weighted by molar-refractivity contribution is 5.38. The monoisotopic (exact) mass is 249 g/mol. The van der Waals surface area contributed by atoms with Crippen molar-refractivity contribution in [3.05, 3.63) is 29.3 Å². The van der Waals surface area contributed by atoms with Crippen LogP contribution in [0.5, 0.6) is 5.75 Å². The molecule has 1 N–H and O–H groups in total. The Hall–Kier alpha value is -1.06. The standard InChI is InChI=1S/C15H23NO2/c1-11-6-7-16(9-11)10-14-8-13(12(2)17)4-5-15(14)18-3/h4-5,8,11-12,17H,6-7,9-10H2,1-3H3. The molecular weight excluding hydrogens is 226 g/mol. The lowest BCUT2D eigenvalue weighted by Crippen LogP contribution is -2.20. The van der Waals surface area contributed by atoms with Crippen LogP contribution < -0.4 is 4.74 Å². The predicted molar refractivity (Wildman–Crippen MR) is 72.7 cm³/mol. The highest BCUT2D eigenvalue weighted by Gasteiger charge is 2.20. The second kappa shape index (κ2) is 5.72. The number of aliphatic hydroxyl groups excluding tert-OH is 1. The lowest BCUT2D eigenvalue weighted by Gasteiger charge is -2.18. The van der Waals surface area contributed by atoms with Crippen LogP contribution >= 0.6 is 0 Å². The SMILES string of the molecule is COc1ccc(C(C)O)cc1CN1CCC(C)C1. The van der Waals surface area contributed by atoms with Crippen molar-refractivity contribution < 1.29 is 9.84 Å². The van der Waals surface area contributed by atoms with E-state index in [0.717, 1.165) is 36.9 Å². The number of nitrogens with zero attached hydrogens (tertiary/aromatic N) is 1. The molecule has 1 aromatic rings. The minimum absolute atomic E-state index is 0.424. The number of methoxy groups -OCH3 is 1. The number of hydrogen-bond acceptors (Lipinski definition) is 3. The van der Waals surface area contributed by atoms with E-state index in [1.807, 2.05) is 12.1 Å². The van der Waals surface area contributed by atoms with Crippen LogP contribution in [0.1, 0.15) is 37.5 Å². The minimum atomic E-state index is -0.424. The Morgan fingerprint density at radius 2 is 2.28 bits per heavy atom. The van der Waals surface area contributed by atoms with Crippen LogP contribution in [0, 0.1) is 5.92 Å². The van der Waals surface area contributed by atoms with Gasteiger partial charge in [-0.2, -0.15) is 0 Å². The Bertz CT molecular complexity index is 403. The van der Waals surface area contributed by atoms with E-state index in [9.17, 15) is 5.11 Å². The normalized spacial score (nSPS) is 22.1. The summed E-state index contributed by atoms with van der Waals surface area (Å²) in [7, 11) is 1.70. The van der Waals surface area contributed by atoms with Gasteiger partial charge in [0.05, 0.1) is 13.2 Å². The van der Waals surface area contributed by atoms with Crippen LogP contribution in [0.3, 0.4) is 0 Å². The van der Waals surface area contributed by atoms with Gasteiger partial charge in [-0.1, -0.05) is 13.0 Å². The average Bonchev–Trinajstić information content (AvgIpc) is 2.74. The first-order valence-electron chi connectivity index (χ1n) is 6.67. The van der Waals surface area contributed by atoms with E-state index in [1.54, 1.807) is 14.0 Å². The van der Waals surface area contributed by atoms with Gasteiger partial charge in [0.25, 0.3) is 0 Å². The Balaban J connectivity index is 2.16. The van der Waals surface area contributed by atoms with Crippen molar-refractivity contribution in [3.63, 3.8) is 0 Å². The van der Waals surface area contributed by atoms with Gasteiger partial charge in [0, 0.05) is 18.7 Å². The molecule has 1 aliphatic rings. The van der Waals surface area contributed by atoms with Gasteiger partial charge in [-0.05, 0) is 43.5 Å². The highest BCUT2D eigenvalue weighted by atomic mass is 16.5. The molecule has 2 atom stereocenters. The van der Waals surface area contributed by atoms with Crippen LogP contribution in [0.4, 0.5) is 0 Å². The molecule has 3 heteroatoms. The number of aliphatic hydroxyl groups is 1. The molecule has 2 unspecified atom stereocenters. The zero-order valence-corrected chi connectivity index (χ0v) is 11.5. The average molecular weight is 249 g/mol. The van der Waals surface area contributed by atoms with Gasteiger partial charge in [-0.25, -0.2) is 0 Å². The lowest BCUT2D eigenvalue weighted by molar-refractivity contribution is 0.199. The maximum atomic E-state index is 9.66. The number of hydrogen-bond donors (Lipinski definition) is 1. The van der Waals surface area contributed by atoms with Gasteiger partial charge in [-0.15, -0.1) is 0 Å². The summed E-state index contributed by atoms with van der Waals surface area (Å²) in [4.78, 5) is 2.45. The smallest absolute Gasteiger partial charge is 0.123 e. The molecule has 3 nitrogen and oxygen atoms in total. The van der Waals surface area contributed by atoms with Gasteiger partial charge in [0.2, 0.25) is 0 Å². The fraction of sp³-hybridized carbons (Fsp3) is 0.600. The van der Waals surface area contributed by atoms with Crippen LogP contribution in [0.2, 0.25) is 0 Å². The van der Waals surface area contributed by atoms with Crippen molar-refractivity contribution in [1.29, 1.82) is 0 Å². The maximum Gasteiger partial charge on any atom is 0.123 e. The topological polar surface area (TPSA) is 32.7 Å². The van der Waals surface area contributed by atoms with Crippen molar-refractivity contribution in [3.8, 4) is 5.75 Å². The molecule has 0 radical (unpaired) electrons. The molecule has 2 rings (SSSR count). The molecule has 0 amide bonds. The molecular formula is C15H23NO2. The van der Waals surface area contributed by atoms with Crippen molar-refractivity contribution in [1.82, 2.24) is 4.90 Å². The molecule has 0 aromatic heterocycles. The maximum absolute atomic E-state index is 9.66. The third kappa shape index (κ3) is 3.03. The van der Waals surface area contributed by atoms with Gasteiger partial charge in [0.15, 0.2) is 0 Å². The number of rotatable bonds is 4. The first kappa shape index (κ1) is 13.4. The van der Waals surface area contributed by atoms with E-state index >= 15 is 0 Å². The highest BCUT2D eigenvalue weighted by Crippen LogP contribution is 2.26. The third-order valence-corrected chi connectivity index (χ3v) is 3.69. The zero-order chi connectivity index (χ0) is 13.1. The van der Waals surface area contributed by atoms with Crippen molar-refractivity contribution in [2.75, 3.05) is 20.2 Å². The molecule has 1 saturated heterocycles. The van der Waals surface area contributed by atoms with Crippen molar-refractivity contribution in [2.24, 2.45) is 5.92 Å². The molecule has 0 saturated carbocycles. The van der Waals surface area contributed by atoms with E-state index in [0.29, 0.717) is 0 Å². The summed E-state index contributed by atoms with van der Waals surface area (Å²) < 4.78 is 5.41. The van der Waals surface area contributed by atoms with Crippen LogP contribution in [0.25, 0.3) is 0 Å². The van der Waals surface area contributed by atoms with E-state index in [1.165, 1.54) is 12.0 Å². The molecule has 18 heavy (non-hydrogen) atoms. The van der Waals surface area contributed by atoms with Gasteiger partial charge >= 0.3 is 0 Å². The van der Waals surface area contributed by atoms with Crippen LogP contribution in [-0.4, -0.2) is 30.2 Å². The van der Waals surface area contributed by atoms with Crippen LogP contribution in [0.15, 0.2) is 18.2 Å². The number of benzene rings is 1. The summed E-state index contributed by atoms with van der Waals surface area (Å²) in [5, 5.41) is 9.66. The molecule has 0 spiro atoms. The predicted octanol–water partition coefficient (Wildman–Crippen LogP) is 2.59. The summed E-state index contributed by atoms with van der Waals surface area (Å²) in [6.07, 6.45) is 0.852. The number of likely N-dealkylation sites (tertiary alicyclic amines) is 1. The molecule has 100 valence electrons. The van der Waals surface area contributed by atoms with E-state index in [-0.39, 0.29) is 0 Å². The van der Waals surface area contributed by atoms with Gasteiger partial charge in [0.1, 0.15) is 5.75 Å². The second-order valence-electron chi connectivity index (χ2n) is 5.38. The Morgan fingerprint density at radius 3 is 2.83 bits per heavy atom. The summed E-state index contributed by atoms with van der Waals surface area (Å²) in [5.74, 6) is 1.70. The van der Waals surface area contributed by atoms with Crippen LogP contribution in [-0.2, 0) is 6.54 Å². The minimum Gasteiger partial charge on any atom is -0.496 e. The fourth-order valence-electron chi connectivity index (χ4n) is 2.59. The van der Waals surface area contributed by atoms with E-state index < -0.39 is 6.10 Å². The molecule has 0 bridgehead atoms. The van der Waals surface area contributed by atoms with Crippen molar-refractivity contribution in [2.45, 2.75) is 32.9 Å².